The number of fused-ring (bicyclic) bond motifs is 8. The highest BCUT2D eigenvalue weighted by molar-refractivity contribution is 8.00. The molecule has 0 saturated heterocycles. The fourth-order valence-electron chi connectivity index (χ4n) is 15.0. The highest BCUT2D eigenvalue weighted by Crippen LogP contribution is 2.53. The Morgan fingerprint density at radius 2 is 0.609 bits per heavy atom. The molecule has 0 saturated carbocycles. The van der Waals surface area contributed by atoms with Gasteiger partial charge in [-0.05, 0) is 154 Å². The molecule has 0 aliphatic carbocycles. The summed E-state index contributed by atoms with van der Waals surface area (Å²) in [6.45, 7) is -0.247. The monoisotopic (exact) mass is 1190 g/mol. The lowest BCUT2D eigenvalue weighted by Gasteiger charge is -2.47. The standard InChI is InChI=1S/C84H57B2N5S/c1-8-30-58(31-9-1)67-44-22-26-48-73(67)87(60-34-12-3-13-35-60)65-52-78-83-79(53-65)90(63-40-18-6-19-41-63)76-57-77-72(56-71(76)85(83)69-46-24-28-50-75(69)89(78)62-38-16-5-17-39-62)86-70-47-25-29-51-81(70)92-82-55-66(54-80(84(82)86)91(77)64-42-20-7-21-43-64)88(61-36-14-4-15-37-61)74-49-27-23-45-68(74)59-32-10-2-11-33-59/h1-57H. The van der Waals surface area contributed by atoms with Gasteiger partial charge < -0.3 is 24.5 Å². The van der Waals surface area contributed by atoms with Crippen LogP contribution in [0.25, 0.3) is 22.3 Å². The summed E-state index contributed by atoms with van der Waals surface area (Å²) in [5.41, 5.74) is 28.9. The molecule has 0 amide bonds. The van der Waals surface area contributed by atoms with Gasteiger partial charge in [0.15, 0.2) is 0 Å². The Hall–Kier alpha value is -11.4. The van der Waals surface area contributed by atoms with Crippen molar-refractivity contribution >= 4 is 143 Å². The molecule has 14 aromatic carbocycles. The Bertz CT molecular complexity index is 5120. The van der Waals surface area contributed by atoms with Crippen molar-refractivity contribution < 1.29 is 0 Å². The second kappa shape index (κ2) is 22.2. The summed E-state index contributed by atoms with van der Waals surface area (Å²) < 4.78 is 0. The third-order valence-corrected chi connectivity index (χ3v) is 19.9. The van der Waals surface area contributed by atoms with Crippen LogP contribution in [0.2, 0.25) is 0 Å². The smallest absolute Gasteiger partial charge is 0.252 e. The maximum absolute atomic E-state index is 2.63. The largest absolute Gasteiger partial charge is 0.311 e. The summed E-state index contributed by atoms with van der Waals surface area (Å²) in [5.74, 6) is 0. The van der Waals surface area contributed by atoms with E-state index in [4.69, 9.17) is 0 Å². The molecule has 430 valence electrons. The molecular weight excluding hydrogens is 1130 g/mol. The lowest BCUT2D eigenvalue weighted by atomic mass is 9.30. The normalized spacial score (nSPS) is 12.8. The second-order valence-electron chi connectivity index (χ2n) is 23.9. The van der Waals surface area contributed by atoms with Crippen LogP contribution in [0.5, 0.6) is 0 Å². The molecule has 0 N–H and O–H groups in total. The molecule has 4 aliphatic heterocycles. The zero-order chi connectivity index (χ0) is 60.6. The SMILES string of the molecule is c1ccc(-c2ccccc2N(c2ccccc2)c2cc3c4c(c2)N(c2ccccc2)c2cc5c(cc2B4c2ccccc2S3)B2c3ccccc3N(c3ccccc3)c3cc(N(c4ccccc4)c4ccccc4-c4ccccc4)cc(c32)N5c2ccccc2)cc1. The second-order valence-corrected chi connectivity index (χ2v) is 25.0. The van der Waals surface area contributed by atoms with E-state index < -0.39 is 0 Å². The van der Waals surface area contributed by atoms with Crippen molar-refractivity contribution in [2.45, 2.75) is 9.79 Å². The fourth-order valence-corrected chi connectivity index (χ4v) is 16.2. The highest BCUT2D eigenvalue weighted by Gasteiger charge is 2.48. The van der Waals surface area contributed by atoms with Crippen molar-refractivity contribution in [1.29, 1.82) is 0 Å². The zero-order valence-corrected chi connectivity index (χ0v) is 51.0. The molecule has 0 bridgehead atoms. The van der Waals surface area contributed by atoms with E-state index in [0.29, 0.717) is 0 Å². The lowest BCUT2D eigenvalue weighted by Crippen LogP contribution is -2.64. The van der Waals surface area contributed by atoms with Gasteiger partial charge >= 0.3 is 0 Å². The Kier molecular flexibility index (Phi) is 13.0. The van der Waals surface area contributed by atoms with Gasteiger partial charge in [-0.25, -0.2) is 0 Å². The van der Waals surface area contributed by atoms with E-state index >= 15 is 0 Å². The number of hydrogen-bond acceptors (Lipinski definition) is 6. The predicted molar refractivity (Wildman–Crippen MR) is 391 cm³/mol. The number of hydrogen-bond donors (Lipinski definition) is 0. The van der Waals surface area contributed by atoms with Crippen molar-refractivity contribution in [3.8, 4) is 22.3 Å². The van der Waals surface area contributed by atoms with Crippen molar-refractivity contribution in [2.24, 2.45) is 0 Å². The molecule has 0 atom stereocenters. The maximum atomic E-state index is 2.63. The van der Waals surface area contributed by atoms with E-state index in [-0.39, 0.29) is 13.4 Å². The molecule has 0 radical (unpaired) electrons. The minimum absolute atomic E-state index is 0.0919. The molecule has 5 nitrogen and oxygen atoms in total. The fraction of sp³-hybridized carbons (Fsp3) is 0. The summed E-state index contributed by atoms with van der Waals surface area (Å²) in [6.07, 6.45) is 0. The van der Waals surface area contributed by atoms with E-state index in [9.17, 15) is 0 Å². The van der Waals surface area contributed by atoms with Crippen molar-refractivity contribution in [2.75, 3.05) is 24.5 Å². The third-order valence-electron chi connectivity index (χ3n) is 18.8. The number of para-hydroxylation sites is 8. The van der Waals surface area contributed by atoms with Crippen LogP contribution < -0.4 is 57.3 Å². The van der Waals surface area contributed by atoms with Crippen LogP contribution in [0.4, 0.5) is 85.3 Å². The van der Waals surface area contributed by atoms with Crippen molar-refractivity contribution in [1.82, 2.24) is 0 Å². The molecule has 92 heavy (non-hydrogen) atoms. The average molecular weight is 1190 g/mol. The van der Waals surface area contributed by atoms with Gasteiger partial charge in [0, 0.05) is 89.2 Å². The first-order valence-corrected chi connectivity index (χ1v) is 32.5. The first-order valence-electron chi connectivity index (χ1n) is 31.6. The van der Waals surface area contributed by atoms with E-state index in [0.717, 1.165) is 102 Å². The molecular formula is C84H57B2N5S. The van der Waals surface area contributed by atoms with E-state index in [2.05, 4.69) is 370 Å². The minimum atomic E-state index is -0.155. The molecule has 0 fully saturated rings. The number of nitrogens with zero attached hydrogens (tertiary/aromatic N) is 5. The highest BCUT2D eigenvalue weighted by atomic mass is 32.2. The first-order chi connectivity index (χ1) is 45.7. The van der Waals surface area contributed by atoms with Crippen LogP contribution in [-0.2, 0) is 0 Å². The molecule has 8 heteroatoms. The molecule has 4 aliphatic rings. The zero-order valence-electron chi connectivity index (χ0n) is 50.2. The van der Waals surface area contributed by atoms with Gasteiger partial charge in [0.2, 0.25) is 6.71 Å². The summed E-state index contributed by atoms with van der Waals surface area (Å²) in [5, 5.41) is 0. The Labute approximate surface area is 542 Å². The van der Waals surface area contributed by atoms with E-state index in [1.165, 1.54) is 48.1 Å². The van der Waals surface area contributed by atoms with Gasteiger partial charge in [0.25, 0.3) is 6.71 Å². The third kappa shape index (κ3) is 8.74. The van der Waals surface area contributed by atoms with Gasteiger partial charge in [-0.3, -0.25) is 0 Å². The lowest BCUT2D eigenvalue weighted by molar-refractivity contribution is 1.21. The van der Waals surface area contributed by atoms with Crippen LogP contribution in [0.15, 0.2) is 356 Å². The minimum Gasteiger partial charge on any atom is -0.311 e. The maximum Gasteiger partial charge on any atom is 0.252 e. The number of rotatable bonds is 11. The van der Waals surface area contributed by atoms with E-state index in [1.54, 1.807) is 0 Å². The molecule has 18 rings (SSSR count). The summed E-state index contributed by atoms with van der Waals surface area (Å²) in [7, 11) is 0. The van der Waals surface area contributed by atoms with Crippen molar-refractivity contribution in [3.63, 3.8) is 0 Å². The van der Waals surface area contributed by atoms with Crippen LogP contribution in [0.1, 0.15) is 0 Å². The van der Waals surface area contributed by atoms with Crippen LogP contribution >= 0.6 is 11.8 Å². The molecule has 0 aromatic heterocycles. The summed E-state index contributed by atoms with van der Waals surface area (Å²) in [4.78, 5) is 15.1. The summed E-state index contributed by atoms with van der Waals surface area (Å²) >= 11 is 1.89. The van der Waals surface area contributed by atoms with Crippen LogP contribution in [0, 0.1) is 0 Å². The molecule has 0 unspecified atom stereocenters. The predicted octanol–water partition coefficient (Wildman–Crippen LogP) is 18.8. The van der Waals surface area contributed by atoms with E-state index in [1.807, 2.05) is 11.8 Å². The Morgan fingerprint density at radius 3 is 1.11 bits per heavy atom. The van der Waals surface area contributed by atoms with Gasteiger partial charge in [-0.2, -0.15) is 0 Å². The van der Waals surface area contributed by atoms with Crippen LogP contribution in [-0.4, -0.2) is 13.4 Å². The van der Waals surface area contributed by atoms with Crippen molar-refractivity contribution in [3.05, 3.63) is 346 Å². The van der Waals surface area contributed by atoms with Gasteiger partial charge in [-0.1, -0.05) is 248 Å². The topological polar surface area (TPSA) is 16.2 Å². The molecule has 4 heterocycles. The average Bonchev–Trinajstić information content (AvgIpc) is 0.689. The Balaban J connectivity index is 0.934. The first kappa shape index (κ1) is 53.6. The van der Waals surface area contributed by atoms with Gasteiger partial charge in [0.1, 0.15) is 0 Å². The summed E-state index contributed by atoms with van der Waals surface area (Å²) in [6, 6.07) is 128. The number of benzene rings is 14. The Morgan fingerprint density at radius 1 is 0.239 bits per heavy atom. The molecule has 14 aromatic rings. The van der Waals surface area contributed by atoms with Gasteiger partial charge in [-0.15, -0.1) is 0 Å². The molecule has 0 spiro atoms. The number of anilines is 15. The quantitative estimate of drug-likeness (QED) is 0.119. The van der Waals surface area contributed by atoms with Gasteiger partial charge in [0.05, 0.1) is 17.1 Å². The van der Waals surface area contributed by atoms with Crippen LogP contribution in [0.3, 0.4) is 0 Å².